The molecule has 1 rings (SSSR count). The largest absolute Gasteiger partial charge is 0.347 e. The Labute approximate surface area is 115 Å². The number of hydrogen-bond donors (Lipinski definition) is 4. The molecule has 1 aromatic heterocycles. The zero-order valence-electron chi connectivity index (χ0n) is 11.8. The van der Waals surface area contributed by atoms with Crippen molar-refractivity contribution in [1.82, 2.24) is 15.4 Å². The van der Waals surface area contributed by atoms with Crippen molar-refractivity contribution < 1.29 is 10.5 Å². The summed E-state index contributed by atoms with van der Waals surface area (Å²) >= 11 is 0. The van der Waals surface area contributed by atoms with Gasteiger partial charge in [-0.15, -0.1) is 0 Å². The van der Waals surface area contributed by atoms with Crippen LogP contribution in [-0.2, 0) is 4.79 Å². The molecule has 0 aromatic carbocycles. The van der Waals surface area contributed by atoms with Crippen molar-refractivity contribution in [2.75, 3.05) is 0 Å². The Morgan fingerprint density at radius 3 is 2.60 bits per heavy atom. The van der Waals surface area contributed by atoms with E-state index in [4.69, 9.17) is 0 Å². The summed E-state index contributed by atoms with van der Waals surface area (Å²) in [6.07, 6.45) is 1.85. The molecule has 0 saturated heterocycles. The second kappa shape index (κ2) is 6.80. The first-order valence-corrected chi connectivity index (χ1v) is 6.30. The van der Waals surface area contributed by atoms with Gasteiger partial charge in [0.25, 0.3) is 11.5 Å². The Morgan fingerprint density at radius 2 is 2.05 bits per heavy atom. The molecule has 0 spiro atoms. The molecule has 8 nitrogen and oxygen atoms in total. The lowest BCUT2D eigenvalue weighted by Crippen LogP contribution is -2.67. The third kappa shape index (κ3) is 4.47. The fourth-order valence-corrected chi connectivity index (χ4v) is 1.69. The number of H-pyrrole nitrogens is 2. The van der Waals surface area contributed by atoms with Crippen molar-refractivity contribution in [3.63, 3.8) is 0 Å². The highest BCUT2D eigenvalue weighted by Crippen LogP contribution is 2.01. The summed E-state index contributed by atoms with van der Waals surface area (Å²) in [7, 11) is 0. The molecule has 0 aliphatic rings. The van der Waals surface area contributed by atoms with Gasteiger partial charge in [-0.05, 0) is 12.8 Å². The first-order valence-electron chi connectivity index (χ1n) is 6.30. The van der Waals surface area contributed by atoms with Crippen molar-refractivity contribution in [2.24, 2.45) is 11.0 Å². The van der Waals surface area contributed by atoms with E-state index in [1.165, 1.54) is 6.21 Å². The number of rotatable bonds is 5. The van der Waals surface area contributed by atoms with Crippen molar-refractivity contribution >= 4 is 12.1 Å². The molecule has 8 heteroatoms. The summed E-state index contributed by atoms with van der Waals surface area (Å²) in [5, 5.41) is 3.71. The van der Waals surface area contributed by atoms with E-state index in [1.807, 2.05) is 13.8 Å². The number of hydrogen-bond acceptors (Lipinski definition) is 4. The van der Waals surface area contributed by atoms with Crippen molar-refractivity contribution in [1.29, 1.82) is 0 Å². The second-order valence-electron chi connectivity index (χ2n) is 5.01. The SMILES string of the molecule is Cc1[nH]c(=O)[nH]c(=O)c1/C=N/NC(=O)[C@@H]([NH3+])CC(C)C. The molecule has 110 valence electrons. The molecule has 0 saturated carbocycles. The molecule has 1 atom stereocenters. The van der Waals surface area contributed by atoms with Crippen LogP contribution in [0.4, 0.5) is 0 Å². The van der Waals surface area contributed by atoms with Crippen molar-refractivity contribution in [2.45, 2.75) is 33.2 Å². The zero-order valence-corrected chi connectivity index (χ0v) is 11.8. The Balaban J connectivity index is 2.73. The van der Waals surface area contributed by atoms with Gasteiger partial charge in [0.05, 0.1) is 11.8 Å². The maximum atomic E-state index is 11.7. The van der Waals surface area contributed by atoms with Crippen LogP contribution in [0.1, 0.15) is 31.5 Å². The number of carbonyl (C=O) groups excluding carboxylic acids is 1. The molecular formula is C12H20N5O3+. The lowest BCUT2D eigenvalue weighted by Gasteiger charge is -2.08. The van der Waals surface area contributed by atoms with E-state index in [2.05, 4.69) is 26.2 Å². The van der Waals surface area contributed by atoms with Gasteiger partial charge < -0.3 is 10.7 Å². The fourth-order valence-electron chi connectivity index (χ4n) is 1.69. The average molecular weight is 282 g/mol. The molecule has 0 unspecified atom stereocenters. The number of nitrogens with zero attached hydrogens (tertiary/aromatic N) is 1. The lowest BCUT2D eigenvalue weighted by atomic mass is 10.0. The zero-order chi connectivity index (χ0) is 15.3. The summed E-state index contributed by atoms with van der Waals surface area (Å²) in [6.45, 7) is 5.57. The van der Waals surface area contributed by atoms with Crippen LogP contribution in [0.3, 0.4) is 0 Å². The van der Waals surface area contributed by atoms with Crippen LogP contribution in [-0.4, -0.2) is 28.1 Å². The molecule has 0 aliphatic carbocycles. The first kappa shape index (κ1) is 15.8. The van der Waals surface area contributed by atoms with Gasteiger partial charge in [0.2, 0.25) is 0 Å². The maximum absolute atomic E-state index is 11.7. The Bertz CT molecular complexity index is 614. The van der Waals surface area contributed by atoms with Crippen LogP contribution in [0.2, 0.25) is 0 Å². The van der Waals surface area contributed by atoms with E-state index in [-0.39, 0.29) is 11.5 Å². The van der Waals surface area contributed by atoms with Crippen molar-refractivity contribution in [3.8, 4) is 0 Å². The van der Waals surface area contributed by atoms with Crippen LogP contribution in [0.15, 0.2) is 14.7 Å². The molecule has 0 aliphatic heterocycles. The predicted molar refractivity (Wildman–Crippen MR) is 74.3 cm³/mol. The minimum atomic E-state index is -0.580. The minimum Gasteiger partial charge on any atom is -0.347 e. The van der Waals surface area contributed by atoms with E-state index < -0.39 is 17.3 Å². The first-order chi connectivity index (χ1) is 9.31. The van der Waals surface area contributed by atoms with Gasteiger partial charge in [-0.25, -0.2) is 10.2 Å². The van der Waals surface area contributed by atoms with E-state index in [1.54, 1.807) is 6.92 Å². The van der Waals surface area contributed by atoms with Gasteiger partial charge in [0, 0.05) is 12.1 Å². The van der Waals surface area contributed by atoms with E-state index >= 15 is 0 Å². The standard InChI is InChI=1S/C12H19N5O3/c1-6(2)4-9(13)11(19)17-14-5-8-7(3)15-12(20)16-10(8)18/h5-6,9H,4,13H2,1-3H3,(H,17,19)(H2,15,16,18,20)/p+1/b14-5+/t9-/m0/s1. The number of hydrazone groups is 1. The van der Waals surface area contributed by atoms with Gasteiger partial charge in [0.1, 0.15) is 0 Å². The third-order valence-corrected chi connectivity index (χ3v) is 2.67. The molecule has 1 amide bonds. The van der Waals surface area contributed by atoms with Gasteiger partial charge in [-0.3, -0.25) is 14.6 Å². The van der Waals surface area contributed by atoms with E-state index in [9.17, 15) is 14.4 Å². The van der Waals surface area contributed by atoms with Crippen LogP contribution < -0.4 is 22.4 Å². The Hall–Kier alpha value is -2.22. The number of amides is 1. The molecular weight excluding hydrogens is 262 g/mol. The van der Waals surface area contributed by atoms with Crippen LogP contribution in [0.5, 0.6) is 0 Å². The Kier molecular flexibility index (Phi) is 5.39. The number of nitrogens with one attached hydrogen (secondary N) is 3. The topological polar surface area (TPSA) is 135 Å². The molecule has 6 N–H and O–H groups in total. The fraction of sp³-hybridized carbons (Fsp3) is 0.500. The quantitative estimate of drug-likeness (QED) is 0.385. The highest BCUT2D eigenvalue weighted by molar-refractivity contribution is 5.84. The van der Waals surface area contributed by atoms with Crippen molar-refractivity contribution in [3.05, 3.63) is 32.1 Å². The summed E-state index contributed by atoms with van der Waals surface area (Å²) in [5.41, 5.74) is 5.51. The predicted octanol–water partition coefficient (Wildman–Crippen LogP) is -1.52. The molecule has 20 heavy (non-hydrogen) atoms. The molecule has 0 bridgehead atoms. The molecule has 0 radical (unpaired) electrons. The molecule has 1 heterocycles. The number of carbonyl (C=O) groups is 1. The van der Waals surface area contributed by atoms with Gasteiger partial charge >= 0.3 is 5.69 Å². The molecule has 0 fully saturated rings. The summed E-state index contributed by atoms with van der Waals surface area (Å²) in [6, 6.07) is -0.401. The number of aryl methyl sites for hydroxylation is 1. The smallest absolute Gasteiger partial charge is 0.325 e. The van der Waals surface area contributed by atoms with Crippen LogP contribution in [0, 0.1) is 12.8 Å². The highest BCUT2D eigenvalue weighted by Gasteiger charge is 2.17. The normalized spacial score (nSPS) is 12.8. The number of aromatic amines is 2. The summed E-state index contributed by atoms with van der Waals surface area (Å²) < 4.78 is 0. The lowest BCUT2D eigenvalue weighted by molar-refractivity contribution is -0.406. The van der Waals surface area contributed by atoms with Gasteiger partial charge in [-0.2, -0.15) is 5.10 Å². The minimum absolute atomic E-state index is 0.189. The Morgan fingerprint density at radius 1 is 1.40 bits per heavy atom. The summed E-state index contributed by atoms with van der Waals surface area (Å²) in [4.78, 5) is 38.7. The number of quaternary nitrogens is 1. The van der Waals surface area contributed by atoms with Crippen LogP contribution >= 0.6 is 0 Å². The van der Waals surface area contributed by atoms with Gasteiger partial charge in [-0.1, -0.05) is 13.8 Å². The monoisotopic (exact) mass is 282 g/mol. The van der Waals surface area contributed by atoms with E-state index in [0.717, 1.165) is 0 Å². The van der Waals surface area contributed by atoms with Gasteiger partial charge in [0.15, 0.2) is 6.04 Å². The van der Waals surface area contributed by atoms with E-state index in [0.29, 0.717) is 18.0 Å². The number of aromatic nitrogens is 2. The third-order valence-electron chi connectivity index (χ3n) is 2.67. The summed E-state index contributed by atoms with van der Waals surface area (Å²) in [5.74, 6) is 0.0463. The van der Waals surface area contributed by atoms with Crippen LogP contribution in [0.25, 0.3) is 0 Å². The highest BCUT2D eigenvalue weighted by atomic mass is 16.2. The molecule has 1 aromatic rings. The maximum Gasteiger partial charge on any atom is 0.325 e. The second-order valence-corrected chi connectivity index (χ2v) is 5.01. The average Bonchev–Trinajstić information content (AvgIpc) is 2.31.